The third-order valence-corrected chi connectivity index (χ3v) is 11.3. The fourth-order valence-electron chi connectivity index (χ4n) is 8.74. The summed E-state index contributed by atoms with van der Waals surface area (Å²) < 4.78 is 7.12. The minimum Gasteiger partial charge on any atom is -0.490 e. The highest BCUT2D eigenvalue weighted by Gasteiger charge is 2.46. The van der Waals surface area contributed by atoms with Gasteiger partial charge in [0.05, 0.1) is 29.4 Å². The molecule has 0 saturated carbocycles. The number of nitro benzene ring substituents is 1. The molecule has 4 amide bonds. The average Bonchev–Trinajstić information content (AvgIpc) is 3.88. The number of fused-ring (bicyclic) bond motifs is 2. The van der Waals surface area contributed by atoms with Gasteiger partial charge in [0.1, 0.15) is 6.04 Å². The molecule has 6 heterocycles. The number of hydrogen-bond acceptors (Lipinski definition) is 11. The van der Waals surface area contributed by atoms with E-state index in [1.165, 1.54) is 7.11 Å². The maximum atomic E-state index is 13.4. The molecule has 1 N–H and O–H groups in total. The summed E-state index contributed by atoms with van der Waals surface area (Å²) in [4.78, 5) is 70.2. The molecule has 5 aliphatic heterocycles. The molecular weight excluding hydrogens is 656 g/mol. The normalized spacial score (nSPS) is 24.0. The number of aryl methyl sites for hydroxylation is 1. The number of aromatic nitrogens is 2. The van der Waals surface area contributed by atoms with Gasteiger partial charge in [-0.3, -0.25) is 44.2 Å². The van der Waals surface area contributed by atoms with Crippen LogP contribution in [0.25, 0.3) is 11.1 Å². The number of benzene rings is 2. The van der Waals surface area contributed by atoms with Crippen molar-refractivity contribution in [3.8, 4) is 16.9 Å². The highest BCUT2D eigenvalue weighted by Crippen LogP contribution is 2.42. The zero-order chi connectivity index (χ0) is 35.6. The second-order valence-electron chi connectivity index (χ2n) is 14.5. The number of hydrogen-bond donors (Lipinski definition) is 1. The van der Waals surface area contributed by atoms with Gasteiger partial charge in [0, 0.05) is 100 Å². The Labute approximate surface area is 294 Å². The first-order valence-corrected chi connectivity index (χ1v) is 17.5. The van der Waals surface area contributed by atoms with Crippen LogP contribution in [0, 0.1) is 27.9 Å². The van der Waals surface area contributed by atoms with Crippen molar-refractivity contribution in [2.45, 2.75) is 31.7 Å². The zero-order valence-corrected chi connectivity index (χ0v) is 28.6. The number of anilines is 2. The predicted octanol–water partition coefficient (Wildman–Crippen LogP) is 2.69. The Morgan fingerprint density at radius 2 is 1.65 bits per heavy atom. The second-order valence-corrected chi connectivity index (χ2v) is 14.5. The molecule has 1 aromatic heterocycles. The van der Waals surface area contributed by atoms with Gasteiger partial charge in [0.2, 0.25) is 11.8 Å². The number of carbonyl (C=O) groups is 4. The lowest BCUT2D eigenvalue weighted by molar-refractivity contribution is -0.385. The highest BCUT2D eigenvalue weighted by atomic mass is 16.6. The topological polar surface area (TPSA) is 163 Å². The minimum atomic E-state index is -0.974. The summed E-state index contributed by atoms with van der Waals surface area (Å²) in [6.45, 7) is 6.48. The van der Waals surface area contributed by atoms with Crippen LogP contribution in [-0.4, -0.2) is 107 Å². The van der Waals surface area contributed by atoms with Crippen molar-refractivity contribution in [1.29, 1.82) is 0 Å². The molecule has 3 unspecified atom stereocenters. The SMILES string of the molecule is COc1cc(N2CCC(CN3CC4CN(c5ccc6c(c5)C(=O)N(C5CCC(=O)NC5=O)C6=O)CC4C3)CC2)c(-c2cnn(C)c2)cc1[N+](=O)[O-]. The van der Waals surface area contributed by atoms with Gasteiger partial charge in [0.25, 0.3) is 11.8 Å². The van der Waals surface area contributed by atoms with Crippen LogP contribution in [0.1, 0.15) is 46.4 Å². The second kappa shape index (κ2) is 12.8. The van der Waals surface area contributed by atoms with Gasteiger partial charge in [-0.25, -0.2) is 0 Å². The Hall–Kier alpha value is -5.31. The van der Waals surface area contributed by atoms with Gasteiger partial charge in [-0.2, -0.15) is 5.10 Å². The first-order chi connectivity index (χ1) is 24.6. The lowest BCUT2D eigenvalue weighted by atomic mass is 9.94. The molecule has 15 heteroatoms. The van der Waals surface area contributed by atoms with Crippen LogP contribution in [0.3, 0.4) is 0 Å². The van der Waals surface area contributed by atoms with Crippen molar-refractivity contribution in [2.24, 2.45) is 24.8 Å². The number of ether oxygens (including phenoxy) is 1. The monoisotopic (exact) mass is 696 g/mol. The van der Waals surface area contributed by atoms with E-state index in [-0.39, 0.29) is 24.3 Å². The Morgan fingerprint density at radius 3 is 2.29 bits per heavy atom. The summed E-state index contributed by atoms with van der Waals surface area (Å²) in [5, 5.41) is 18.3. The molecule has 266 valence electrons. The van der Waals surface area contributed by atoms with Crippen LogP contribution in [0.4, 0.5) is 17.1 Å². The van der Waals surface area contributed by atoms with E-state index in [2.05, 4.69) is 25.1 Å². The molecule has 15 nitrogen and oxygen atoms in total. The number of imide groups is 2. The van der Waals surface area contributed by atoms with E-state index in [1.807, 2.05) is 19.3 Å². The van der Waals surface area contributed by atoms with E-state index in [9.17, 15) is 29.3 Å². The number of nitro groups is 1. The van der Waals surface area contributed by atoms with Gasteiger partial charge >= 0.3 is 5.69 Å². The van der Waals surface area contributed by atoms with Crippen LogP contribution in [-0.2, 0) is 16.6 Å². The molecule has 4 fully saturated rings. The van der Waals surface area contributed by atoms with Crippen molar-refractivity contribution < 1.29 is 28.8 Å². The first kappa shape index (κ1) is 32.9. The molecule has 3 aromatic rings. The fourth-order valence-corrected chi connectivity index (χ4v) is 8.74. The summed E-state index contributed by atoms with van der Waals surface area (Å²) in [7, 11) is 3.29. The molecule has 5 aliphatic rings. The molecule has 4 saturated heterocycles. The van der Waals surface area contributed by atoms with Crippen molar-refractivity contribution >= 4 is 40.7 Å². The predicted molar refractivity (Wildman–Crippen MR) is 186 cm³/mol. The van der Waals surface area contributed by atoms with Crippen LogP contribution in [0.15, 0.2) is 42.7 Å². The van der Waals surface area contributed by atoms with Gasteiger partial charge in [-0.05, 0) is 55.2 Å². The maximum Gasteiger partial charge on any atom is 0.311 e. The highest BCUT2D eigenvalue weighted by molar-refractivity contribution is 6.23. The molecule has 0 radical (unpaired) electrons. The molecule has 0 spiro atoms. The largest absolute Gasteiger partial charge is 0.490 e. The third-order valence-electron chi connectivity index (χ3n) is 11.3. The Balaban J connectivity index is 0.877. The van der Waals surface area contributed by atoms with Crippen molar-refractivity contribution in [2.75, 3.05) is 62.7 Å². The van der Waals surface area contributed by atoms with E-state index >= 15 is 0 Å². The Bertz CT molecular complexity index is 1940. The quantitative estimate of drug-likeness (QED) is 0.209. The van der Waals surface area contributed by atoms with E-state index in [4.69, 9.17) is 4.74 Å². The maximum absolute atomic E-state index is 13.4. The lowest BCUT2D eigenvalue weighted by Crippen LogP contribution is -2.54. The number of amides is 4. The van der Waals surface area contributed by atoms with Crippen LogP contribution in [0.2, 0.25) is 0 Å². The van der Waals surface area contributed by atoms with Crippen LogP contribution in [0.5, 0.6) is 5.75 Å². The average molecular weight is 697 g/mol. The van der Waals surface area contributed by atoms with Crippen molar-refractivity contribution in [3.63, 3.8) is 0 Å². The fraction of sp³-hybridized carbons (Fsp3) is 0.472. The third kappa shape index (κ3) is 5.88. The van der Waals surface area contributed by atoms with Crippen LogP contribution >= 0.6 is 0 Å². The first-order valence-electron chi connectivity index (χ1n) is 17.5. The summed E-state index contributed by atoms with van der Waals surface area (Å²) in [6.07, 6.45) is 5.86. The minimum absolute atomic E-state index is 0.0654. The van der Waals surface area contributed by atoms with E-state index in [1.54, 1.807) is 35.1 Å². The lowest BCUT2D eigenvalue weighted by Gasteiger charge is -2.36. The molecule has 2 aromatic carbocycles. The summed E-state index contributed by atoms with van der Waals surface area (Å²) in [5.74, 6) is -0.169. The number of methoxy groups -OCH3 is 1. The van der Waals surface area contributed by atoms with E-state index in [0.717, 1.165) is 86.1 Å². The van der Waals surface area contributed by atoms with Gasteiger partial charge in [-0.15, -0.1) is 0 Å². The Kier molecular flexibility index (Phi) is 8.24. The van der Waals surface area contributed by atoms with Crippen molar-refractivity contribution in [1.82, 2.24) is 24.9 Å². The number of likely N-dealkylation sites (tertiary alicyclic amines) is 1. The molecule has 0 aliphatic carbocycles. The van der Waals surface area contributed by atoms with Crippen molar-refractivity contribution in [3.05, 3.63) is 64.0 Å². The smallest absolute Gasteiger partial charge is 0.311 e. The number of piperidine rings is 2. The molecule has 8 rings (SSSR count). The summed E-state index contributed by atoms with van der Waals surface area (Å²) in [6, 6.07) is 7.78. The van der Waals surface area contributed by atoms with Gasteiger partial charge < -0.3 is 19.4 Å². The molecule has 51 heavy (non-hydrogen) atoms. The number of rotatable bonds is 8. The number of nitrogens with zero attached hydrogens (tertiary/aromatic N) is 7. The molecular formula is C36H40N8O7. The number of carbonyl (C=O) groups excluding carboxylic acids is 4. The zero-order valence-electron chi connectivity index (χ0n) is 28.6. The van der Waals surface area contributed by atoms with E-state index in [0.29, 0.717) is 28.9 Å². The summed E-state index contributed by atoms with van der Waals surface area (Å²) >= 11 is 0. The van der Waals surface area contributed by atoms with Gasteiger partial charge in [0.15, 0.2) is 5.75 Å². The van der Waals surface area contributed by atoms with Gasteiger partial charge in [-0.1, -0.05) is 0 Å². The van der Waals surface area contributed by atoms with Crippen LogP contribution < -0.4 is 19.9 Å². The standard InChI is InChI=1S/C36H40N8O7/c1-39-16-22(14-37-39)27-12-31(44(49)50)32(51-2)13-30(27)41-9-7-21(8-10-41)15-40-17-23-19-42(20-24(23)18-40)25-3-4-26-28(11-25)36(48)43(35(26)47)29-5-6-33(45)38-34(29)46/h3-4,11-14,16,21,23-24,29H,5-10,15,17-20H2,1-2H3,(H,38,45,46). The molecule has 3 atom stereocenters. The van der Waals surface area contributed by atoms with E-state index < -0.39 is 34.6 Å². The number of nitrogens with one attached hydrogen (secondary N) is 1. The Morgan fingerprint density at radius 1 is 0.922 bits per heavy atom. The molecule has 0 bridgehead atoms. The summed E-state index contributed by atoms with van der Waals surface area (Å²) in [5.41, 5.74) is 3.97.